The van der Waals surface area contributed by atoms with E-state index in [1.54, 1.807) is 34.6 Å². The first-order valence-electron chi connectivity index (χ1n) is 11.5. The molecule has 2 N–H and O–H groups in total. The second kappa shape index (κ2) is 10.2. The predicted molar refractivity (Wildman–Crippen MR) is 128 cm³/mol. The zero-order chi connectivity index (χ0) is 26.1. The average Bonchev–Trinajstić information content (AvgIpc) is 3.40. The summed E-state index contributed by atoms with van der Waals surface area (Å²) >= 11 is 12.1. The number of hydrogen-bond acceptors (Lipinski definition) is 7. The highest BCUT2D eigenvalue weighted by molar-refractivity contribution is 6.36. The molecule has 9 nitrogen and oxygen atoms in total. The number of benzene rings is 1. The van der Waals surface area contributed by atoms with Crippen LogP contribution in [0.1, 0.15) is 51.4 Å². The number of carbonyl (C=O) groups is 4. The number of hydrogen-bond donors (Lipinski definition) is 2. The molecule has 11 heteroatoms. The van der Waals surface area contributed by atoms with Crippen LogP contribution in [0.5, 0.6) is 0 Å². The zero-order valence-corrected chi connectivity index (χ0v) is 21.8. The van der Waals surface area contributed by atoms with Crippen molar-refractivity contribution in [3.63, 3.8) is 0 Å². The number of rotatable bonds is 7. The topological polar surface area (TPSA) is 120 Å². The Morgan fingerprint density at radius 3 is 2.31 bits per heavy atom. The smallest absolute Gasteiger partial charge is 0.408 e. The maximum atomic E-state index is 13.2. The van der Waals surface area contributed by atoms with Crippen molar-refractivity contribution in [1.29, 1.82) is 0 Å². The molecule has 0 bridgehead atoms. The summed E-state index contributed by atoms with van der Waals surface area (Å²) in [5.74, 6) is -3.52. The number of fused-ring (bicyclic) bond motifs is 1. The predicted octanol–water partition coefficient (Wildman–Crippen LogP) is 3.75. The van der Waals surface area contributed by atoms with Crippen LogP contribution in [0.3, 0.4) is 0 Å². The number of amides is 2. The van der Waals surface area contributed by atoms with Gasteiger partial charge in [0.05, 0.1) is 29.7 Å². The van der Waals surface area contributed by atoms with Crippen molar-refractivity contribution in [3.8, 4) is 0 Å². The van der Waals surface area contributed by atoms with E-state index in [0.717, 1.165) is 0 Å². The first kappa shape index (κ1) is 27.1. The molecule has 2 amide bonds. The maximum absolute atomic E-state index is 13.2. The van der Waals surface area contributed by atoms with Crippen LogP contribution in [0.15, 0.2) is 18.2 Å². The molecule has 2 aliphatic carbocycles. The molecule has 2 aliphatic rings. The minimum atomic E-state index is -1.58. The highest BCUT2D eigenvalue weighted by Gasteiger charge is 2.76. The van der Waals surface area contributed by atoms with E-state index in [9.17, 15) is 19.2 Å². The van der Waals surface area contributed by atoms with Crippen LogP contribution in [0.25, 0.3) is 0 Å². The van der Waals surface area contributed by atoms with Gasteiger partial charge in [-0.25, -0.2) is 9.59 Å². The van der Waals surface area contributed by atoms with Gasteiger partial charge in [0.2, 0.25) is 0 Å². The minimum absolute atomic E-state index is 0.00721. The SMILES string of the molecule is CCOC(=O)[C@H]1C2C(NC(=O)c3ccc(Cl)cc3Cl)CC(NC(=O)OC(C)(C)C)(C(=O)OCC)C21. The Hall–Kier alpha value is -2.52. The summed E-state index contributed by atoms with van der Waals surface area (Å²) in [5.41, 5.74) is -2.21. The molecule has 192 valence electrons. The van der Waals surface area contributed by atoms with Crippen molar-refractivity contribution in [1.82, 2.24) is 10.6 Å². The lowest BCUT2D eigenvalue weighted by Crippen LogP contribution is -2.59. The molecule has 5 atom stereocenters. The molecule has 0 aliphatic heterocycles. The van der Waals surface area contributed by atoms with Gasteiger partial charge in [-0.2, -0.15) is 0 Å². The Kier molecular flexibility index (Phi) is 7.91. The van der Waals surface area contributed by atoms with Gasteiger partial charge in [0.1, 0.15) is 11.1 Å². The highest BCUT2D eigenvalue weighted by Crippen LogP contribution is 2.63. The zero-order valence-electron chi connectivity index (χ0n) is 20.3. The average molecular weight is 529 g/mol. The fraction of sp³-hybridized carbons (Fsp3) is 0.583. The number of nitrogens with one attached hydrogen (secondary N) is 2. The second-order valence-corrected chi connectivity index (χ2v) is 10.5. The number of halogens is 2. The van der Waals surface area contributed by atoms with Crippen LogP contribution in [-0.4, -0.2) is 54.3 Å². The Morgan fingerprint density at radius 1 is 1.09 bits per heavy atom. The van der Waals surface area contributed by atoms with E-state index in [0.29, 0.717) is 5.02 Å². The van der Waals surface area contributed by atoms with E-state index in [2.05, 4.69) is 10.6 Å². The maximum Gasteiger partial charge on any atom is 0.408 e. The molecule has 35 heavy (non-hydrogen) atoms. The van der Waals surface area contributed by atoms with Gasteiger partial charge in [-0.15, -0.1) is 0 Å². The number of carbonyl (C=O) groups excluding carboxylic acids is 4. The molecule has 3 rings (SSSR count). The Labute approximate surface area is 214 Å². The van der Waals surface area contributed by atoms with Gasteiger partial charge >= 0.3 is 18.0 Å². The molecule has 0 aromatic heterocycles. The fourth-order valence-corrected chi connectivity index (χ4v) is 5.34. The first-order chi connectivity index (χ1) is 16.3. The van der Waals surface area contributed by atoms with Gasteiger partial charge in [-0.1, -0.05) is 23.2 Å². The van der Waals surface area contributed by atoms with Crippen molar-refractivity contribution >= 4 is 47.1 Å². The first-order valence-corrected chi connectivity index (χ1v) is 12.2. The van der Waals surface area contributed by atoms with Gasteiger partial charge in [-0.3, -0.25) is 9.59 Å². The lowest BCUT2D eigenvalue weighted by atomic mass is 9.88. The fourth-order valence-electron chi connectivity index (χ4n) is 4.85. The van der Waals surface area contributed by atoms with Crippen LogP contribution in [0, 0.1) is 17.8 Å². The molecule has 0 heterocycles. The number of alkyl carbamates (subject to hydrolysis) is 1. The molecule has 4 unspecified atom stereocenters. The van der Waals surface area contributed by atoms with E-state index < -0.39 is 58.9 Å². The van der Waals surface area contributed by atoms with E-state index in [1.165, 1.54) is 18.2 Å². The third-order valence-corrected chi connectivity index (χ3v) is 6.61. The summed E-state index contributed by atoms with van der Waals surface area (Å²) < 4.78 is 15.9. The summed E-state index contributed by atoms with van der Waals surface area (Å²) in [6.45, 7) is 8.61. The molecule has 2 fully saturated rings. The van der Waals surface area contributed by atoms with E-state index in [1.807, 2.05) is 0 Å². The normalized spacial score (nSPS) is 26.8. The number of ether oxygens (including phenoxy) is 3. The molecule has 0 radical (unpaired) electrons. The van der Waals surface area contributed by atoms with Crippen LogP contribution < -0.4 is 10.6 Å². The molecular weight excluding hydrogens is 499 g/mol. The van der Waals surface area contributed by atoms with Gasteiger partial charge < -0.3 is 24.8 Å². The Balaban J connectivity index is 1.94. The van der Waals surface area contributed by atoms with E-state index in [4.69, 9.17) is 37.4 Å². The van der Waals surface area contributed by atoms with Crippen molar-refractivity contribution in [3.05, 3.63) is 33.8 Å². The van der Waals surface area contributed by atoms with Crippen molar-refractivity contribution < 1.29 is 33.4 Å². The van der Waals surface area contributed by atoms with Crippen LogP contribution in [0.2, 0.25) is 10.0 Å². The highest BCUT2D eigenvalue weighted by atomic mass is 35.5. The van der Waals surface area contributed by atoms with Crippen molar-refractivity contribution in [2.24, 2.45) is 17.8 Å². The van der Waals surface area contributed by atoms with Gasteiger partial charge in [0, 0.05) is 23.4 Å². The second-order valence-electron chi connectivity index (χ2n) is 9.61. The summed E-state index contributed by atoms with van der Waals surface area (Å²) in [5, 5.41) is 6.08. The summed E-state index contributed by atoms with van der Waals surface area (Å²) in [6.07, 6.45) is -0.820. The lowest BCUT2D eigenvalue weighted by Gasteiger charge is -2.33. The van der Waals surface area contributed by atoms with E-state index >= 15 is 0 Å². The molecule has 0 spiro atoms. The summed E-state index contributed by atoms with van der Waals surface area (Å²) in [6, 6.07) is 3.82. The standard InChI is InChI=1S/C24H30Cl2N2O7/c1-6-33-20(30)17-16-15(27-19(29)13-9-8-12(25)10-14(13)26)11-24(18(16)17,21(31)34-7-2)28-22(32)35-23(3,4)5/h8-10,15-18H,6-7,11H2,1-5H3,(H,27,29)(H,28,32)/t15?,16?,17-,18?,24?/m0/s1. The lowest BCUT2D eigenvalue weighted by molar-refractivity contribution is -0.153. The Morgan fingerprint density at radius 2 is 1.74 bits per heavy atom. The minimum Gasteiger partial charge on any atom is -0.466 e. The largest absolute Gasteiger partial charge is 0.466 e. The monoisotopic (exact) mass is 528 g/mol. The van der Waals surface area contributed by atoms with Crippen molar-refractivity contribution in [2.75, 3.05) is 13.2 Å². The summed E-state index contributed by atoms with van der Waals surface area (Å²) in [4.78, 5) is 51.7. The van der Waals surface area contributed by atoms with Crippen LogP contribution in [-0.2, 0) is 23.8 Å². The molecule has 1 aromatic carbocycles. The third kappa shape index (κ3) is 5.67. The quantitative estimate of drug-likeness (QED) is 0.408. The molecular formula is C24H30Cl2N2O7. The molecule has 2 saturated carbocycles. The summed E-state index contributed by atoms with van der Waals surface area (Å²) in [7, 11) is 0. The van der Waals surface area contributed by atoms with Crippen molar-refractivity contribution in [2.45, 2.75) is 58.2 Å². The van der Waals surface area contributed by atoms with Gasteiger partial charge in [0.15, 0.2) is 0 Å². The van der Waals surface area contributed by atoms with Crippen LogP contribution in [0.4, 0.5) is 4.79 Å². The third-order valence-electron chi connectivity index (χ3n) is 6.07. The van der Waals surface area contributed by atoms with Crippen LogP contribution >= 0.6 is 23.2 Å². The molecule has 1 aromatic rings. The Bertz CT molecular complexity index is 1030. The van der Waals surface area contributed by atoms with Gasteiger partial charge in [-0.05, 0) is 58.7 Å². The van der Waals surface area contributed by atoms with Gasteiger partial charge in [0.25, 0.3) is 5.91 Å². The molecule has 0 saturated heterocycles. The number of esters is 2. The van der Waals surface area contributed by atoms with E-state index in [-0.39, 0.29) is 30.2 Å².